The molecule has 0 aliphatic heterocycles. The third kappa shape index (κ3) is 11.2. The van der Waals surface area contributed by atoms with Gasteiger partial charge in [0.15, 0.2) is 5.16 Å². The number of anilines is 6. The summed E-state index contributed by atoms with van der Waals surface area (Å²) in [7, 11) is -1.52. The molecule has 0 radical (unpaired) electrons. The Morgan fingerprint density at radius 1 is 0.655 bits per heavy atom. The lowest BCUT2D eigenvalue weighted by molar-refractivity contribution is 0.322. The summed E-state index contributed by atoms with van der Waals surface area (Å²) in [6.07, 6.45) is 0. The number of aliphatic hydroxyl groups excluding tert-OH is 1. The molecular weight excluding hydrogens is 783 g/mol. The average molecular weight is 830 g/mol. The Morgan fingerprint density at radius 3 is 1.66 bits per heavy atom. The number of azo groups is 2. The van der Waals surface area contributed by atoms with Crippen molar-refractivity contribution in [3.63, 3.8) is 0 Å². The quantitative estimate of drug-likeness (QED) is 0.0327. The van der Waals surface area contributed by atoms with Gasteiger partial charge in [-0.25, -0.2) is 0 Å². The van der Waals surface area contributed by atoms with E-state index in [9.17, 15) is 18.1 Å². The summed E-state index contributed by atoms with van der Waals surface area (Å²) < 4.78 is 44.3. The van der Waals surface area contributed by atoms with Gasteiger partial charge in [-0.3, -0.25) is 4.55 Å². The molecule has 0 spiro atoms. The zero-order valence-corrected chi connectivity index (χ0v) is 34.8. The van der Waals surface area contributed by atoms with E-state index >= 15 is 0 Å². The van der Waals surface area contributed by atoms with Crippen LogP contribution in [-0.2, 0) is 10.1 Å². The lowest BCUT2D eigenvalue weighted by atomic mass is 10.2. The maximum Gasteiger partial charge on any atom is 0.294 e. The van der Waals surface area contributed by atoms with Crippen LogP contribution in [0, 0.1) is 0 Å². The molecule has 0 amide bonds. The van der Waals surface area contributed by atoms with Gasteiger partial charge in [0.2, 0.25) is 11.9 Å². The van der Waals surface area contributed by atoms with E-state index in [2.05, 4.69) is 64.7 Å². The van der Waals surface area contributed by atoms with Crippen molar-refractivity contribution < 1.29 is 27.6 Å². The number of aliphatic hydroxyl groups is 1. The molecule has 0 bridgehead atoms. The molecule has 0 aliphatic carbocycles. The Balaban J connectivity index is 1.59. The van der Waals surface area contributed by atoms with E-state index in [0.29, 0.717) is 45.1 Å². The number of hydrogen-bond donors (Lipinski definition) is 4. The largest absolute Gasteiger partial charge is 0.494 e. The fraction of sp³-hybridized carbons (Fsp3) is 0.308. The predicted molar refractivity (Wildman–Crippen MR) is 228 cm³/mol. The third-order valence-electron chi connectivity index (χ3n) is 8.71. The lowest BCUT2D eigenvalue weighted by Crippen LogP contribution is -2.21. The number of benzene rings is 4. The normalized spacial score (nSPS) is 11.6. The van der Waals surface area contributed by atoms with Crippen molar-refractivity contribution in [2.75, 3.05) is 73.2 Å². The van der Waals surface area contributed by atoms with E-state index in [1.807, 2.05) is 68.4 Å². The van der Waals surface area contributed by atoms with Crippen molar-refractivity contribution in [2.24, 2.45) is 20.5 Å². The standard InChI is InChI=1S/C39H47N11O6S2/c1-7-49(8-2)26-15-18-29(45-47-31-13-11-12-14-35(31)55-5)32(23-26)40-37-42-38(44-39(43-37)57-22-21-51)41-33-24-27(50(9-3)10-4)16-19-30(33)46-48-34-25-28(58(52,53)54)17-20-36(34)56-6/h11-20,23-25,51H,7-10,21-22H2,1-6H3,(H,52,53,54)(H2,40,41,42,43,44)/b47-45+,48-46+. The van der Waals surface area contributed by atoms with Gasteiger partial charge in [-0.2, -0.15) is 23.4 Å². The molecule has 19 heteroatoms. The van der Waals surface area contributed by atoms with Gasteiger partial charge >= 0.3 is 0 Å². The predicted octanol–water partition coefficient (Wildman–Crippen LogP) is 9.23. The molecule has 5 rings (SSSR count). The van der Waals surface area contributed by atoms with Gasteiger partial charge in [-0.1, -0.05) is 23.9 Å². The molecule has 0 atom stereocenters. The van der Waals surface area contributed by atoms with Gasteiger partial charge < -0.3 is 35.0 Å². The summed E-state index contributed by atoms with van der Waals surface area (Å²) in [5.41, 5.74) is 4.41. The van der Waals surface area contributed by atoms with Crippen molar-refractivity contribution in [2.45, 2.75) is 37.7 Å². The van der Waals surface area contributed by atoms with Crippen molar-refractivity contribution >= 4 is 79.3 Å². The van der Waals surface area contributed by atoms with Crippen LogP contribution in [0.3, 0.4) is 0 Å². The SMILES string of the molecule is CCN(CC)c1ccc(/N=N/c2ccccc2OC)c(Nc2nc(Nc3cc(N(CC)CC)ccc3/N=N/c3cc(S(=O)(=O)O)ccc3OC)nc(SCCO)n2)c1. The Bertz CT molecular complexity index is 2340. The number of aromatic nitrogens is 3. The molecule has 0 saturated heterocycles. The molecule has 58 heavy (non-hydrogen) atoms. The molecule has 1 heterocycles. The Morgan fingerprint density at radius 2 is 1.16 bits per heavy atom. The molecule has 0 saturated carbocycles. The minimum absolute atomic E-state index is 0.0799. The average Bonchev–Trinajstić information content (AvgIpc) is 3.22. The molecule has 4 N–H and O–H groups in total. The number of thioether (sulfide) groups is 1. The highest BCUT2D eigenvalue weighted by Gasteiger charge is 2.17. The molecule has 4 aromatic carbocycles. The van der Waals surface area contributed by atoms with Crippen LogP contribution in [-0.4, -0.2) is 85.8 Å². The summed E-state index contributed by atoms with van der Waals surface area (Å²) in [6.45, 7) is 11.2. The third-order valence-corrected chi connectivity index (χ3v) is 10.4. The zero-order chi connectivity index (χ0) is 41.7. The Labute approximate surface area is 342 Å². The first-order chi connectivity index (χ1) is 28.0. The van der Waals surface area contributed by atoms with Crippen molar-refractivity contribution in [3.05, 3.63) is 78.9 Å². The van der Waals surface area contributed by atoms with Crippen LogP contribution in [0.5, 0.6) is 11.5 Å². The highest BCUT2D eigenvalue weighted by Crippen LogP contribution is 2.38. The molecule has 306 valence electrons. The summed E-state index contributed by atoms with van der Waals surface area (Å²) in [6, 6.07) is 22.4. The lowest BCUT2D eigenvalue weighted by Gasteiger charge is -2.22. The monoisotopic (exact) mass is 829 g/mol. The first kappa shape index (κ1) is 43.2. The first-order valence-electron chi connectivity index (χ1n) is 18.5. The van der Waals surface area contributed by atoms with Crippen LogP contribution in [0.1, 0.15) is 27.7 Å². The molecular formula is C39H47N11O6S2. The van der Waals surface area contributed by atoms with Gasteiger partial charge in [-0.15, -0.1) is 20.5 Å². The Kier molecular flexibility index (Phi) is 15.3. The minimum Gasteiger partial charge on any atom is -0.494 e. The Hall–Kier alpha value is -5.89. The fourth-order valence-corrected chi connectivity index (χ4v) is 6.82. The number of rotatable bonds is 20. The number of hydrogen-bond acceptors (Lipinski definition) is 17. The van der Waals surface area contributed by atoms with Crippen LogP contribution in [0.25, 0.3) is 0 Å². The summed E-state index contributed by atoms with van der Waals surface area (Å²) in [5, 5.41) is 34.5. The molecule has 0 fully saturated rings. The molecule has 0 aliphatic rings. The van der Waals surface area contributed by atoms with E-state index < -0.39 is 10.1 Å². The van der Waals surface area contributed by atoms with Crippen LogP contribution in [0.15, 0.2) is 109 Å². The van der Waals surface area contributed by atoms with Gasteiger partial charge in [0.25, 0.3) is 10.1 Å². The van der Waals surface area contributed by atoms with Crippen LogP contribution < -0.4 is 29.9 Å². The number of methoxy groups -OCH3 is 2. The highest BCUT2D eigenvalue weighted by atomic mass is 32.2. The van der Waals surface area contributed by atoms with Crippen molar-refractivity contribution in [3.8, 4) is 11.5 Å². The maximum absolute atomic E-state index is 11.9. The number of para-hydroxylation sites is 1. The number of ether oxygens (including phenoxy) is 2. The molecule has 0 unspecified atom stereocenters. The summed E-state index contributed by atoms with van der Waals surface area (Å²) >= 11 is 1.25. The topological polar surface area (TPSA) is 212 Å². The van der Waals surface area contributed by atoms with Gasteiger partial charge in [0.05, 0.1) is 37.1 Å². The zero-order valence-electron chi connectivity index (χ0n) is 33.1. The van der Waals surface area contributed by atoms with E-state index in [-0.39, 0.29) is 34.8 Å². The second-order valence-electron chi connectivity index (χ2n) is 12.2. The minimum atomic E-state index is -4.51. The molecule has 17 nitrogen and oxygen atoms in total. The summed E-state index contributed by atoms with van der Waals surface area (Å²) in [5.74, 6) is 1.51. The fourth-order valence-electron chi connectivity index (χ4n) is 5.74. The van der Waals surface area contributed by atoms with E-state index in [1.165, 1.54) is 37.1 Å². The second-order valence-corrected chi connectivity index (χ2v) is 14.7. The van der Waals surface area contributed by atoms with Crippen LogP contribution in [0.4, 0.5) is 57.4 Å². The van der Waals surface area contributed by atoms with E-state index in [0.717, 1.165) is 37.6 Å². The summed E-state index contributed by atoms with van der Waals surface area (Å²) in [4.78, 5) is 18.1. The van der Waals surface area contributed by atoms with Gasteiger partial charge in [-0.05, 0) is 94.4 Å². The van der Waals surface area contributed by atoms with Crippen LogP contribution >= 0.6 is 11.8 Å². The van der Waals surface area contributed by atoms with Gasteiger partial charge in [0, 0.05) is 43.3 Å². The first-order valence-corrected chi connectivity index (χ1v) is 20.9. The molecule has 1 aromatic heterocycles. The number of nitrogens with one attached hydrogen (secondary N) is 2. The molecule has 5 aromatic rings. The van der Waals surface area contributed by atoms with Crippen molar-refractivity contribution in [1.29, 1.82) is 0 Å². The van der Waals surface area contributed by atoms with Crippen LogP contribution in [0.2, 0.25) is 0 Å². The number of nitrogens with zero attached hydrogens (tertiary/aromatic N) is 9. The second kappa shape index (κ2) is 20.5. The smallest absolute Gasteiger partial charge is 0.294 e. The van der Waals surface area contributed by atoms with Gasteiger partial charge in [0.1, 0.15) is 34.2 Å². The van der Waals surface area contributed by atoms with E-state index in [1.54, 1.807) is 13.2 Å². The van der Waals surface area contributed by atoms with E-state index in [4.69, 9.17) is 14.5 Å². The highest BCUT2D eigenvalue weighted by molar-refractivity contribution is 7.99. The maximum atomic E-state index is 11.9. The van der Waals surface area contributed by atoms with Crippen molar-refractivity contribution in [1.82, 2.24) is 15.0 Å².